The van der Waals surface area contributed by atoms with E-state index in [4.69, 9.17) is 16.3 Å². The Balaban J connectivity index is 1.81. The van der Waals surface area contributed by atoms with Gasteiger partial charge in [-0.2, -0.15) is 0 Å². The van der Waals surface area contributed by atoms with Crippen LogP contribution in [0.15, 0.2) is 42.5 Å². The monoisotopic (exact) mass is 288 g/mol. The Kier molecular flexibility index (Phi) is 3.68. The molecule has 0 bridgehead atoms. The summed E-state index contributed by atoms with van der Waals surface area (Å²) in [5.41, 5.74) is 2.71. The lowest BCUT2D eigenvalue weighted by molar-refractivity contribution is 0.219. The van der Waals surface area contributed by atoms with Crippen LogP contribution in [0.5, 0.6) is 5.75 Å². The highest BCUT2D eigenvalue weighted by molar-refractivity contribution is 6.30. The van der Waals surface area contributed by atoms with Crippen molar-refractivity contribution in [3.63, 3.8) is 0 Å². The van der Waals surface area contributed by atoms with Crippen LogP contribution in [0, 0.1) is 6.92 Å². The first-order chi connectivity index (χ1) is 9.63. The SMILES string of the molecule is Cc1ccc(Cl)cc1C(O)c1ccc(OC2CC2)cc1. The van der Waals surface area contributed by atoms with Crippen LogP contribution < -0.4 is 4.74 Å². The number of rotatable bonds is 4. The second kappa shape index (κ2) is 5.47. The number of halogens is 1. The van der Waals surface area contributed by atoms with Gasteiger partial charge in [0.25, 0.3) is 0 Å². The van der Waals surface area contributed by atoms with Crippen molar-refractivity contribution in [3.05, 3.63) is 64.2 Å². The summed E-state index contributed by atoms with van der Waals surface area (Å²) in [7, 11) is 0. The highest BCUT2D eigenvalue weighted by Gasteiger charge is 2.23. The number of hydrogen-bond donors (Lipinski definition) is 1. The van der Waals surface area contributed by atoms with Gasteiger partial charge in [-0.05, 0) is 60.7 Å². The second-order valence-electron chi connectivity index (χ2n) is 5.29. The molecule has 3 rings (SSSR count). The molecule has 1 aliphatic carbocycles. The van der Waals surface area contributed by atoms with E-state index >= 15 is 0 Å². The van der Waals surface area contributed by atoms with E-state index in [2.05, 4.69) is 0 Å². The third-order valence-corrected chi connectivity index (χ3v) is 3.79. The van der Waals surface area contributed by atoms with E-state index in [1.54, 1.807) is 0 Å². The van der Waals surface area contributed by atoms with E-state index in [9.17, 15) is 5.11 Å². The van der Waals surface area contributed by atoms with Gasteiger partial charge in [-0.1, -0.05) is 29.8 Å². The minimum absolute atomic E-state index is 0.390. The maximum Gasteiger partial charge on any atom is 0.119 e. The molecule has 2 aromatic rings. The summed E-state index contributed by atoms with van der Waals surface area (Å²) < 4.78 is 5.71. The summed E-state index contributed by atoms with van der Waals surface area (Å²) >= 11 is 6.01. The van der Waals surface area contributed by atoms with Gasteiger partial charge in [0.1, 0.15) is 11.9 Å². The zero-order valence-electron chi connectivity index (χ0n) is 11.3. The molecule has 1 atom stereocenters. The number of ether oxygens (including phenoxy) is 1. The van der Waals surface area contributed by atoms with Crippen LogP contribution in [-0.4, -0.2) is 11.2 Å². The first-order valence-corrected chi connectivity index (χ1v) is 7.22. The van der Waals surface area contributed by atoms with Gasteiger partial charge in [-0.3, -0.25) is 0 Å². The van der Waals surface area contributed by atoms with Crippen molar-refractivity contribution >= 4 is 11.6 Å². The molecule has 0 radical (unpaired) electrons. The van der Waals surface area contributed by atoms with Crippen LogP contribution in [0.3, 0.4) is 0 Å². The second-order valence-corrected chi connectivity index (χ2v) is 5.73. The molecule has 104 valence electrons. The quantitative estimate of drug-likeness (QED) is 0.910. The zero-order chi connectivity index (χ0) is 14.1. The molecule has 3 heteroatoms. The van der Waals surface area contributed by atoms with Crippen molar-refractivity contribution in [2.75, 3.05) is 0 Å². The Bertz CT molecular complexity index is 603. The lowest BCUT2D eigenvalue weighted by Gasteiger charge is -2.15. The van der Waals surface area contributed by atoms with Crippen LogP contribution in [0.1, 0.15) is 35.6 Å². The largest absolute Gasteiger partial charge is 0.490 e. The molecule has 1 N–H and O–H groups in total. The van der Waals surface area contributed by atoms with Gasteiger partial charge in [0.2, 0.25) is 0 Å². The van der Waals surface area contributed by atoms with Crippen molar-refractivity contribution in [1.82, 2.24) is 0 Å². The lowest BCUT2D eigenvalue weighted by atomic mass is 9.97. The van der Waals surface area contributed by atoms with Crippen molar-refractivity contribution in [2.45, 2.75) is 32.0 Å². The minimum Gasteiger partial charge on any atom is -0.490 e. The molecule has 0 aromatic heterocycles. The maximum absolute atomic E-state index is 10.5. The highest BCUT2D eigenvalue weighted by Crippen LogP contribution is 2.30. The van der Waals surface area contributed by atoms with Crippen LogP contribution in [0.25, 0.3) is 0 Å². The highest BCUT2D eigenvalue weighted by atomic mass is 35.5. The standard InChI is InChI=1S/C17H17ClO2/c1-11-2-5-13(18)10-16(11)17(19)12-3-6-14(7-4-12)20-15-8-9-15/h2-7,10,15,17,19H,8-9H2,1H3. The van der Waals surface area contributed by atoms with Gasteiger partial charge in [0.05, 0.1) is 6.10 Å². The van der Waals surface area contributed by atoms with Crippen molar-refractivity contribution < 1.29 is 9.84 Å². The number of aliphatic hydroxyl groups is 1. The summed E-state index contributed by atoms with van der Waals surface area (Å²) in [6, 6.07) is 13.2. The molecule has 0 aliphatic heterocycles. The third kappa shape index (κ3) is 2.97. The molecule has 2 aromatic carbocycles. The van der Waals surface area contributed by atoms with Crippen LogP contribution in [0.4, 0.5) is 0 Å². The topological polar surface area (TPSA) is 29.5 Å². The molecule has 0 heterocycles. The molecule has 2 nitrogen and oxygen atoms in total. The lowest BCUT2D eigenvalue weighted by Crippen LogP contribution is -2.02. The molecule has 0 spiro atoms. The summed E-state index contributed by atoms with van der Waals surface area (Å²) in [5, 5.41) is 11.1. The van der Waals surface area contributed by atoms with Gasteiger partial charge in [0, 0.05) is 5.02 Å². The fourth-order valence-corrected chi connectivity index (χ4v) is 2.37. The zero-order valence-corrected chi connectivity index (χ0v) is 12.1. The fraction of sp³-hybridized carbons (Fsp3) is 0.294. The van der Waals surface area contributed by atoms with Gasteiger partial charge in [0.15, 0.2) is 0 Å². The van der Waals surface area contributed by atoms with E-state index < -0.39 is 6.10 Å². The Morgan fingerprint density at radius 2 is 1.85 bits per heavy atom. The molecule has 0 saturated heterocycles. The van der Waals surface area contributed by atoms with Gasteiger partial charge in [-0.15, -0.1) is 0 Å². The molecule has 0 amide bonds. The molecule has 20 heavy (non-hydrogen) atoms. The van der Waals surface area contributed by atoms with Crippen LogP contribution in [0.2, 0.25) is 5.02 Å². The van der Waals surface area contributed by atoms with E-state index in [1.165, 1.54) is 0 Å². The predicted octanol–water partition coefficient (Wildman–Crippen LogP) is 4.27. The smallest absolute Gasteiger partial charge is 0.119 e. The first-order valence-electron chi connectivity index (χ1n) is 6.84. The normalized spacial score (nSPS) is 15.9. The Labute approximate surface area is 124 Å². The third-order valence-electron chi connectivity index (χ3n) is 3.56. The van der Waals surface area contributed by atoms with E-state index in [0.717, 1.165) is 35.3 Å². The van der Waals surface area contributed by atoms with Crippen LogP contribution in [-0.2, 0) is 0 Å². The molecule has 1 saturated carbocycles. The summed E-state index contributed by atoms with van der Waals surface area (Å²) in [6.07, 6.45) is 2.02. The molecule has 1 fully saturated rings. The average molecular weight is 289 g/mol. The van der Waals surface area contributed by atoms with Gasteiger partial charge < -0.3 is 9.84 Å². The predicted molar refractivity (Wildman–Crippen MR) is 80.3 cm³/mol. The number of hydrogen-bond acceptors (Lipinski definition) is 2. The van der Waals surface area contributed by atoms with E-state index in [0.29, 0.717) is 11.1 Å². The van der Waals surface area contributed by atoms with Crippen LogP contribution >= 0.6 is 11.6 Å². The van der Waals surface area contributed by atoms with Crippen molar-refractivity contribution in [2.24, 2.45) is 0 Å². The van der Waals surface area contributed by atoms with Crippen molar-refractivity contribution in [3.8, 4) is 5.75 Å². The summed E-state index contributed by atoms with van der Waals surface area (Å²) in [5.74, 6) is 0.867. The Hall–Kier alpha value is -1.51. The first kappa shape index (κ1) is 13.5. The summed E-state index contributed by atoms with van der Waals surface area (Å²) in [6.45, 7) is 1.97. The molecular weight excluding hydrogens is 272 g/mol. The maximum atomic E-state index is 10.5. The number of aliphatic hydroxyl groups excluding tert-OH is 1. The van der Waals surface area contributed by atoms with Gasteiger partial charge >= 0.3 is 0 Å². The summed E-state index contributed by atoms with van der Waals surface area (Å²) in [4.78, 5) is 0. The van der Waals surface area contributed by atoms with E-state index in [-0.39, 0.29) is 0 Å². The number of aryl methyl sites for hydroxylation is 1. The molecule has 1 unspecified atom stereocenters. The Morgan fingerprint density at radius 1 is 1.15 bits per heavy atom. The number of benzene rings is 2. The van der Waals surface area contributed by atoms with Crippen molar-refractivity contribution in [1.29, 1.82) is 0 Å². The van der Waals surface area contributed by atoms with E-state index in [1.807, 2.05) is 49.4 Å². The average Bonchev–Trinajstić information content (AvgIpc) is 3.26. The molecular formula is C17H17ClO2. The molecule has 1 aliphatic rings. The Morgan fingerprint density at radius 3 is 2.50 bits per heavy atom. The fourth-order valence-electron chi connectivity index (χ4n) is 2.19. The van der Waals surface area contributed by atoms with Gasteiger partial charge in [-0.25, -0.2) is 0 Å². The minimum atomic E-state index is -0.663.